The van der Waals surface area contributed by atoms with Gasteiger partial charge in [0.15, 0.2) is 0 Å². The zero-order valence-electron chi connectivity index (χ0n) is 11.0. The Morgan fingerprint density at radius 2 is 2.05 bits per heavy atom. The Kier molecular flexibility index (Phi) is 5.13. The molecule has 1 aromatic carbocycles. The lowest BCUT2D eigenvalue weighted by Gasteiger charge is -2.31. The van der Waals surface area contributed by atoms with E-state index in [0.29, 0.717) is 0 Å². The molecule has 0 aliphatic carbocycles. The van der Waals surface area contributed by atoms with Gasteiger partial charge in [0.25, 0.3) is 5.91 Å². The summed E-state index contributed by atoms with van der Waals surface area (Å²) in [6.45, 7) is 3.70. The smallest absolute Gasteiger partial charge is 0.258 e. The maximum Gasteiger partial charge on any atom is 0.258 e. The van der Waals surface area contributed by atoms with Crippen molar-refractivity contribution in [3.05, 3.63) is 40.4 Å². The van der Waals surface area contributed by atoms with Crippen molar-refractivity contribution in [1.82, 2.24) is 15.3 Å². The van der Waals surface area contributed by atoms with E-state index in [0.717, 1.165) is 36.2 Å². The molecule has 1 aromatic rings. The summed E-state index contributed by atoms with van der Waals surface area (Å²) in [6, 6.07) is 7.84. The van der Waals surface area contributed by atoms with Crippen molar-refractivity contribution >= 4 is 27.9 Å². The molecule has 1 saturated heterocycles. The van der Waals surface area contributed by atoms with Gasteiger partial charge in [-0.25, -0.2) is 5.01 Å². The molecule has 0 atom stereocenters. The molecule has 0 spiro atoms. The number of carbonyl (C=O) groups excluding carboxylic acids is 1. The molecule has 5 heteroatoms. The van der Waals surface area contributed by atoms with E-state index < -0.39 is 0 Å². The quantitative estimate of drug-likeness (QED) is 0.861. The first-order valence-corrected chi connectivity index (χ1v) is 7.10. The van der Waals surface area contributed by atoms with Crippen LogP contribution in [0.4, 0.5) is 0 Å². The number of rotatable bonds is 3. The molecule has 1 heterocycles. The van der Waals surface area contributed by atoms with E-state index in [1.807, 2.05) is 35.4 Å². The number of benzene rings is 1. The summed E-state index contributed by atoms with van der Waals surface area (Å²) in [4.78, 5) is 14.0. The second-order valence-corrected chi connectivity index (χ2v) is 5.57. The highest BCUT2D eigenvalue weighted by Crippen LogP contribution is 2.12. The van der Waals surface area contributed by atoms with Crippen LogP contribution in [0.2, 0.25) is 0 Å². The number of hydrogen-bond donors (Lipinski definition) is 1. The largest absolute Gasteiger partial charge is 0.304 e. The van der Waals surface area contributed by atoms with Crippen LogP contribution in [0, 0.1) is 0 Å². The van der Waals surface area contributed by atoms with Crippen molar-refractivity contribution in [2.24, 2.45) is 0 Å². The predicted octanol–water partition coefficient (Wildman–Crippen LogP) is 1.74. The third kappa shape index (κ3) is 4.78. The summed E-state index contributed by atoms with van der Waals surface area (Å²) < 4.78 is 1.01. The Morgan fingerprint density at radius 1 is 1.32 bits per heavy atom. The lowest BCUT2D eigenvalue weighted by Crippen LogP contribution is -2.52. The lowest BCUT2D eigenvalue weighted by molar-refractivity contribution is -0.121. The molecule has 2 rings (SSSR count). The second kappa shape index (κ2) is 6.84. The van der Waals surface area contributed by atoms with Crippen molar-refractivity contribution in [2.45, 2.75) is 0 Å². The average molecular weight is 324 g/mol. The number of halogens is 1. The van der Waals surface area contributed by atoms with Crippen LogP contribution in [0.15, 0.2) is 34.8 Å². The Balaban J connectivity index is 1.84. The van der Waals surface area contributed by atoms with Crippen molar-refractivity contribution in [3.8, 4) is 0 Å². The molecule has 102 valence electrons. The van der Waals surface area contributed by atoms with Gasteiger partial charge in [-0.1, -0.05) is 28.1 Å². The van der Waals surface area contributed by atoms with Crippen LogP contribution in [0.25, 0.3) is 6.08 Å². The SMILES string of the molecule is CN1CCN(NC(=O)/C=C/c2cccc(Br)c2)CC1. The fourth-order valence-corrected chi connectivity index (χ4v) is 2.31. The van der Waals surface area contributed by atoms with Crippen molar-refractivity contribution in [3.63, 3.8) is 0 Å². The van der Waals surface area contributed by atoms with Crippen LogP contribution in [0.5, 0.6) is 0 Å². The molecule has 0 saturated carbocycles. The molecule has 1 fully saturated rings. The first-order valence-electron chi connectivity index (χ1n) is 6.31. The van der Waals surface area contributed by atoms with E-state index in [4.69, 9.17) is 0 Å². The zero-order chi connectivity index (χ0) is 13.7. The summed E-state index contributed by atoms with van der Waals surface area (Å²) >= 11 is 3.41. The molecule has 0 aromatic heterocycles. The molecular formula is C14H18BrN3O. The predicted molar refractivity (Wildman–Crippen MR) is 80.4 cm³/mol. The fourth-order valence-electron chi connectivity index (χ4n) is 1.89. The third-order valence-electron chi connectivity index (χ3n) is 3.05. The van der Waals surface area contributed by atoms with Gasteiger partial charge < -0.3 is 4.90 Å². The molecule has 0 radical (unpaired) electrons. The summed E-state index contributed by atoms with van der Waals surface area (Å²) in [7, 11) is 2.09. The van der Waals surface area contributed by atoms with Crippen LogP contribution in [-0.4, -0.2) is 49.0 Å². The molecular weight excluding hydrogens is 306 g/mol. The number of carbonyl (C=O) groups is 1. The number of hydrazine groups is 1. The topological polar surface area (TPSA) is 35.6 Å². The summed E-state index contributed by atoms with van der Waals surface area (Å²) in [5.74, 6) is -0.0791. The van der Waals surface area contributed by atoms with E-state index in [-0.39, 0.29) is 5.91 Å². The van der Waals surface area contributed by atoms with Gasteiger partial charge in [0, 0.05) is 36.7 Å². The van der Waals surface area contributed by atoms with Crippen LogP contribution < -0.4 is 5.43 Å². The number of piperazine rings is 1. The highest BCUT2D eigenvalue weighted by molar-refractivity contribution is 9.10. The maximum absolute atomic E-state index is 11.8. The van der Waals surface area contributed by atoms with Gasteiger partial charge in [-0.05, 0) is 30.8 Å². The molecule has 1 amide bonds. The standard InChI is InChI=1S/C14H18BrN3O/c1-17-7-9-18(10-8-17)16-14(19)6-5-12-3-2-4-13(15)11-12/h2-6,11H,7-10H2,1H3,(H,16,19)/b6-5+. The van der Waals surface area contributed by atoms with Gasteiger partial charge >= 0.3 is 0 Å². The lowest BCUT2D eigenvalue weighted by atomic mass is 10.2. The third-order valence-corrected chi connectivity index (χ3v) is 3.54. The van der Waals surface area contributed by atoms with Crippen LogP contribution >= 0.6 is 15.9 Å². The minimum absolute atomic E-state index is 0.0791. The van der Waals surface area contributed by atoms with E-state index in [1.54, 1.807) is 6.08 Å². The monoisotopic (exact) mass is 323 g/mol. The van der Waals surface area contributed by atoms with Gasteiger partial charge in [0.2, 0.25) is 0 Å². The van der Waals surface area contributed by atoms with E-state index in [1.165, 1.54) is 0 Å². The molecule has 1 aliphatic rings. The Bertz CT molecular complexity index is 468. The summed E-state index contributed by atoms with van der Waals surface area (Å²) in [5, 5.41) is 1.97. The average Bonchev–Trinajstić information content (AvgIpc) is 2.39. The van der Waals surface area contributed by atoms with Gasteiger partial charge in [-0.3, -0.25) is 10.2 Å². The van der Waals surface area contributed by atoms with Crippen LogP contribution in [0.1, 0.15) is 5.56 Å². The minimum atomic E-state index is -0.0791. The van der Waals surface area contributed by atoms with Crippen LogP contribution in [0.3, 0.4) is 0 Å². The van der Waals surface area contributed by atoms with Gasteiger partial charge in [-0.2, -0.15) is 0 Å². The fraction of sp³-hybridized carbons (Fsp3) is 0.357. The first kappa shape index (κ1) is 14.2. The van der Waals surface area contributed by atoms with Crippen LogP contribution in [-0.2, 0) is 4.79 Å². The molecule has 19 heavy (non-hydrogen) atoms. The van der Waals surface area contributed by atoms with Crippen molar-refractivity contribution in [1.29, 1.82) is 0 Å². The number of hydrogen-bond acceptors (Lipinski definition) is 3. The van der Waals surface area contributed by atoms with Crippen molar-refractivity contribution < 1.29 is 4.79 Å². The molecule has 1 aliphatic heterocycles. The van der Waals surface area contributed by atoms with E-state index in [9.17, 15) is 4.79 Å². The normalized spacial score (nSPS) is 17.8. The Morgan fingerprint density at radius 3 is 2.74 bits per heavy atom. The first-order chi connectivity index (χ1) is 9.13. The summed E-state index contributed by atoms with van der Waals surface area (Å²) in [6.07, 6.45) is 3.39. The number of likely N-dealkylation sites (N-methyl/N-ethyl adjacent to an activating group) is 1. The minimum Gasteiger partial charge on any atom is -0.304 e. The van der Waals surface area contributed by atoms with Gasteiger partial charge in [-0.15, -0.1) is 0 Å². The molecule has 0 bridgehead atoms. The molecule has 0 unspecified atom stereocenters. The highest BCUT2D eigenvalue weighted by Gasteiger charge is 2.14. The number of nitrogens with zero attached hydrogens (tertiary/aromatic N) is 2. The van der Waals surface area contributed by atoms with Gasteiger partial charge in [0.1, 0.15) is 0 Å². The zero-order valence-corrected chi connectivity index (χ0v) is 12.6. The number of amides is 1. The maximum atomic E-state index is 11.8. The van der Waals surface area contributed by atoms with Crippen molar-refractivity contribution in [2.75, 3.05) is 33.2 Å². The van der Waals surface area contributed by atoms with E-state index in [2.05, 4.69) is 33.3 Å². The molecule has 1 N–H and O–H groups in total. The second-order valence-electron chi connectivity index (χ2n) is 4.65. The molecule has 4 nitrogen and oxygen atoms in total. The van der Waals surface area contributed by atoms with Gasteiger partial charge in [0.05, 0.1) is 0 Å². The van der Waals surface area contributed by atoms with E-state index >= 15 is 0 Å². The Hall–Kier alpha value is -1.17. The number of nitrogens with one attached hydrogen (secondary N) is 1. The Labute approximate surface area is 122 Å². The summed E-state index contributed by atoms with van der Waals surface area (Å²) in [5.41, 5.74) is 3.90. The highest BCUT2D eigenvalue weighted by atomic mass is 79.9.